The van der Waals surface area contributed by atoms with Crippen molar-refractivity contribution in [1.29, 1.82) is 0 Å². The average Bonchev–Trinajstić information content (AvgIpc) is 3.79. The Bertz CT molecular complexity index is 1580. The zero-order valence-electron chi connectivity index (χ0n) is 20.9. The van der Waals surface area contributed by atoms with Gasteiger partial charge in [-0.05, 0) is 53.7 Å². The highest BCUT2D eigenvalue weighted by atomic mass is 32.3. The highest BCUT2D eigenvalue weighted by Crippen LogP contribution is 2.81. The Labute approximate surface area is 226 Å². The van der Waals surface area contributed by atoms with Crippen molar-refractivity contribution in [3.05, 3.63) is 114 Å². The Morgan fingerprint density at radius 3 is 2.38 bits per heavy atom. The van der Waals surface area contributed by atoms with E-state index in [2.05, 4.69) is 42.7 Å². The van der Waals surface area contributed by atoms with Crippen LogP contribution in [0.2, 0.25) is 0 Å². The summed E-state index contributed by atoms with van der Waals surface area (Å²) in [4.78, 5) is 21.8. The zero-order valence-corrected chi connectivity index (χ0v) is 21.8. The minimum Gasteiger partial charge on any atom is -0.464 e. The van der Waals surface area contributed by atoms with Gasteiger partial charge in [-0.3, -0.25) is 4.98 Å². The molecule has 1 saturated heterocycles. The maximum Gasteiger partial charge on any atom is 0.185 e. The van der Waals surface area contributed by atoms with E-state index in [1.54, 1.807) is 24.9 Å². The number of hydrogen-bond donors (Lipinski definition) is 2. The molecule has 0 saturated carbocycles. The monoisotopic (exact) mass is 535 g/mol. The van der Waals surface area contributed by atoms with Crippen LogP contribution in [-0.2, 0) is 0 Å². The molecule has 0 radical (unpaired) electrons. The van der Waals surface area contributed by atoms with Gasteiger partial charge in [-0.1, -0.05) is 16.1 Å². The molecule has 0 spiro atoms. The molecule has 0 aliphatic carbocycles. The van der Waals surface area contributed by atoms with Crippen molar-refractivity contribution in [2.24, 2.45) is 0 Å². The number of furan rings is 1. The minimum absolute atomic E-state index is 0.697. The molecule has 0 aromatic carbocycles. The molecule has 2 aliphatic heterocycles. The molecule has 2 aliphatic rings. The topological polar surface area (TPSA) is 122 Å². The molecule has 39 heavy (non-hydrogen) atoms. The highest BCUT2D eigenvalue weighted by molar-refractivity contribution is 8.44. The number of aromatic amines is 1. The van der Waals surface area contributed by atoms with Gasteiger partial charge in [0.15, 0.2) is 5.16 Å². The molecule has 0 bridgehead atoms. The fourth-order valence-electron chi connectivity index (χ4n) is 5.33. The number of allylic oxidation sites excluding steroid dienone is 2. The van der Waals surface area contributed by atoms with Crippen LogP contribution in [0.3, 0.4) is 0 Å². The van der Waals surface area contributed by atoms with Crippen molar-refractivity contribution in [2.45, 2.75) is 10.2 Å². The van der Waals surface area contributed by atoms with Crippen molar-refractivity contribution in [1.82, 2.24) is 45.6 Å². The molecule has 0 amide bonds. The average molecular weight is 536 g/mol. The number of H-pyrrole nitrogens is 1. The molecule has 10 nitrogen and oxygen atoms in total. The molecular weight excluding hydrogens is 510 g/mol. The van der Waals surface area contributed by atoms with Crippen LogP contribution in [0, 0.1) is 0 Å². The third-order valence-electron chi connectivity index (χ3n) is 6.83. The Kier molecular flexibility index (Phi) is 5.99. The van der Waals surface area contributed by atoms with Crippen LogP contribution < -0.4 is 5.32 Å². The third-order valence-corrected chi connectivity index (χ3v) is 10.5. The summed E-state index contributed by atoms with van der Waals surface area (Å²) in [5.74, 6) is 0.724. The van der Waals surface area contributed by atoms with E-state index < -0.39 is 10.0 Å². The van der Waals surface area contributed by atoms with Gasteiger partial charge in [0, 0.05) is 67.0 Å². The van der Waals surface area contributed by atoms with Crippen molar-refractivity contribution in [3.63, 3.8) is 0 Å². The predicted octanol–water partition coefficient (Wildman–Crippen LogP) is 4.06. The first-order chi connectivity index (χ1) is 19.4. The molecule has 194 valence electrons. The molecular formula is C28H25N9OS. The van der Waals surface area contributed by atoms with Gasteiger partial charge in [0.2, 0.25) is 0 Å². The van der Waals surface area contributed by atoms with Crippen molar-refractivity contribution in [3.8, 4) is 0 Å². The predicted molar refractivity (Wildman–Crippen MR) is 148 cm³/mol. The number of nitrogens with one attached hydrogen (secondary N) is 2. The quantitative estimate of drug-likeness (QED) is 0.310. The highest BCUT2D eigenvalue weighted by Gasteiger charge is 2.53. The number of pyridine rings is 1. The van der Waals surface area contributed by atoms with E-state index in [0.29, 0.717) is 10.9 Å². The van der Waals surface area contributed by atoms with E-state index in [9.17, 15) is 0 Å². The van der Waals surface area contributed by atoms with Gasteiger partial charge < -0.3 is 19.6 Å². The number of rotatable bonds is 6. The lowest BCUT2D eigenvalue weighted by molar-refractivity contribution is 0.317. The van der Waals surface area contributed by atoms with Crippen molar-refractivity contribution in [2.75, 3.05) is 26.2 Å². The SMILES string of the molecule is c1ccc(S2(c3ncccn3)C(c3ccc[nH]3)=C(c3ccco3)C(c3ccnnn3)=C2N2CCNCC2)nc1. The second-order valence-electron chi connectivity index (χ2n) is 9.00. The molecule has 2 N–H and O–H groups in total. The number of nitrogens with zero attached hydrogens (tertiary/aromatic N) is 7. The van der Waals surface area contributed by atoms with Gasteiger partial charge >= 0.3 is 0 Å². The lowest BCUT2D eigenvalue weighted by Crippen LogP contribution is -2.44. The first-order valence-electron chi connectivity index (χ1n) is 12.7. The van der Waals surface area contributed by atoms with Crippen molar-refractivity contribution < 1.29 is 4.42 Å². The van der Waals surface area contributed by atoms with Gasteiger partial charge in [0.05, 0.1) is 33.9 Å². The van der Waals surface area contributed by atoms with E-state index >= 15 is 0 Å². The van der Waals surface area contributed by atoms with E-state index in [1.165, 1.54) is 0 Å². The fourth-order valence-corrected chi connectivity index (χ4v) is 9.46. The van der Waals surface area contributed by atoms with E-state index in [0.717, 1.165) is 63.7 Å². The van der Waals surface area contributed by atoms with E-state index in [-0.39, 0.29) is 0 Å². The van der Waals surface area contributed by atoms with Crippen LogP contribution in [0.1, 0.15) is 17.1 Å². The van der Waals surface area contributed by atoms with Crippen LogP contribution in [0.25, 0.3) is 16.1 Å². The van der Waals surface area contributed by atoms with Crippen molar-refractivity contribution >= 4 is 26.1 Å². The molecule has 1 fully saturated rings. The summed E-state index contributed by atoms with van der Waals surface area (Å²) in [7, 11) is -2.35. The molecule has 11 heteroatoms. The number of hydrogen-bond acceptors (Lipinski definition) is 9. The smallest absolute Gasteiger partial charge is 0.185 e. The molecule has 5 aromatic rings. The Morgan fingerprint density at radius 2 is 1.69 bits per heavy atom. The van der Waals surface area contributed by atoms with Gasteiger partial charge in [-0.25, -0.2) is 9.97 Å². The van der Waals surface area contributed by atoms with E-state index in [4.69, 9.17) is 19.4 Å². The second kappa shape index (κ2) is 9.93. The lowest BCUT2D eigenvalue weighted by atomic mass is 9.99. The summed E-state index contributed by atoms with van der Waals surface area (Å²) in [6.45, 7) is 3.30. The Balaban J connectivity index is 1.71. The first-order valence-corrected chi connectivity index (χ1v) is 14.3. The number of piperazine rings is 1. The summed E-state index contributed by atoms with van der Waals surface area (Å²) >= 11 is 0. The van der Waals surface area contributed by atoms with Crippen LogP contribution >= 0.6 is 10.0 Å². The van der Waals surface area contributed by atoms with Gasteiger partial charge in [0.25, 0.3) is 0 Å². The molecule has 7 rings (SSSR count). The Hall–Kier alpha value is -4.61. The van der Waals surface area contributed by atoms with Crippen LogP contribution in [-0.4, -0.2) is 66.4 Å². The third kappa shape index (κ3) is 3.77. The molecule has 1 atom stereocenters. The van der Waals surface area contributed by atoms with Crippen LogP contribution in [0.15, 0.2) is 111 Å². The summed E-state index contributed by atoms with van der Waals surface area (Å²) in [5.41, 5.74) is 3.50. The first kappa shape index (κ1) is 23.5. The van der Waals surface area contributed by atoms with Crippen LogP contribution in [0.4, 0.5) is 0 Å². The largest absolute Gasteiger partial charge is 0.464 e. The van der Waals surface area contributed by atoms with Crippen LogP contribution in [0.5, 0.6) is 0 Å². The Morgan fingerprint density at radius 1 is 0.821 bits per heavy atom. The molecule has 1 unspecified atom stereocenters. The fraction of sp³-hybridized carbons (Fsp3) is 0.143. The minimum atomic E-state index is -2.35. The van der Waals surface area contributed by atoms with Gasteiger partial charge in [-0.15, -0.1) is 10.2 Å². The van der Waals surface area contributed by atoms with Gasteiger partial charge in [-0.2, -0.15) is 0 Å². The molecule has 7 heterocycles. The van der Waals surface area contributed by atoms with E-state index in [1.807, 2.05) is 54.9 Å². The normalized spacial score (nSPS) is 21.3. The standard InChI is InChI=1S/C28H25N9OS/c1-2-10-31-23(8-1)39(28-32-12-5-13-33-28)26(21-6-3-11-30-21)25(22-7-4-19-38-22)24(20-9-14-34-36-35-20)27(39)37-17-15-29-16-18-37/h1-14,19,29-30H,15-18H2. The maximum atomic E-state index is 6.15. The number of aromatic nitrogens is 7. The molecule has 5 aromatic heterocycles. The second-order valence-corrected chi connectivity index (χ2v) is 11.8. The summed E-state index contributed by atoms with van der Waals surface area (Å²) in [6.07, 6.45) is 10.8. The summed E-state index contributed by atoms with van der Waals surface area (Å²) < 4.78 is 6.15. The zero-order chi connectivity index (χ0) is 26.1. The lowest BCUT2D eigenvalue weighted by Gasteiger charge is -2.44. The summed E-state index contributed by atoms with van der Waals surface area (Å²) in [6, 6.07) is 17.8. The maximum absolute atomic E-state index is 6.15. The summed E-state index contributed by atoms with van der Waals surface area (Å²) in [5, 5.41) is 18.7. The van der Waals surface area contributed by atoms with Gasteiger partial charge in [0.1, 0.15) is 5.76 Å².